The number of sulfone groups is 1. The van der Waals surface area contributed by atoms with Gasteiger partial charge in [0, 0.05) is 30.3 Å². The van der Waals surface area contributed by atoms with Gasteiger partial charge in [-0.05, 0) is 24.3 Å². The number of nitrogens with two attached hydrogens (primary N) is 1. The molecule has 0 bridgehead atoms. The molecule has 1 fully saturated rings. The van der Waals surface area contributed by atoms with Crippen LogP contribution in [0.4, 0.5) is 11.5 Å². The summed E-state index contributed by atoms with van der Waals surface area (Å²) < 4.78 is 28.5. The minimum Gasteiger partial charge on any atom is -0.382 e. The topological polar surface area (TPSA) is 127 Å². The number of hydrogen-bond donors (Lipinski definition) is 2. The van der Waals surface area contributed by atoms with Crippen LogP contribution in [0.1, 0.15) is 0 Å². The number of nitrogen functional groups attached to an aromatic ring is 1. The zero-order valence-corrected chi connectivity index (χ0v) is 15.0. The molecule has 0 aliphatic carbocycles. The number of hydrogen-bond acceptors (Lipinski definition) is 8. The normalized spacial score (nSPS) is 15.5. The molecule has 10 heteroatoms. The SMILES string of the molecule is CS(=O)(=O)c1nc(-c2ccc3nc(N)c(N4CCOCC4)cc3c2)n[nH]1. The summed E-state index contributed by atoms with van der Waals surface area (Å²) in [6.45, 7) is 2.83. The third-order valence-corrected chi connectivity index (χ3v) is 5.13. The minimum atomic E-state index is -3.44. The number of ether oxygens (including phenoxy) is 1. The number of H-pyrrole nitrogens is 1. The van der Waals surface area contributed by atoms with Gasteiger partial charge >= 0.3 is 0 Å². The van der Waals surface area contributed by atoms with Crippen LogP contribution in [0.15, 0.2) is 29.4 Å². The average Bonchev–Trinajstić information content (AvgIpc) is 3.12. The average molecular weight is 374 g/mol. The van der Waals surface area contributed by atoms with Crippen LogP contribution in [0.2, 0.25) is 0 Å². The van der Waals surface area contributed by atoms with E-state index in [0.29, 0.717) is 30.4 Å². The fraction of sp³-hybridized carbons (Fsp3) is 0.312. The first-order chi connectivity index (χ1) is 12.4. The Morgan fingerprint density at radius 2 is 1.96 bits per heavy atom. The van der Waals surface area contributed by atoms with Crippen LogP contribution in [0.5, 0.6) is 0 Å². The molecule has 1 aliphatic heterocycles. The number of anilines is 2. The molecule has 0 amide bonds. The predicted octanol–water partition coefficient (Wildman–Crippen LogP) is 0.842. The second-order valence-electron chi connectivity index (χ2n) is 6.14. The second-order valence-corrected chi connectivity index (χ2v) is 8.07. The van der Waals surface area contributed by atoms with Crippen molar-refractivity contribution in [3.05, 3.63) is 24.3 Å². The molecule has 1 saturated heterocycles. The summed E-state index contributed by atoms with van der Waals surface area (Å²) in [7, 11) is -3.44. The molecular formula is C16H18N6O3S. The molecule has 0 radical (unpaired) electrons. The van der Waals surface area contributed by atoms with E-state index in [9.17, 15) is 8.42 Å². The highest BCUT2D eigenvalue weighted by Crippen LogP contribution is 2.29. The van der Waals surface area contributed by atoms with Gasteiger partial charge in [-0.2, -0.15) is 10.1 Å². The Labute approximate surface area is 150 Å². The summed E-state index contributed by atoms with van der Waals surface area (Å²) in [5, 5.41) is 7.18. The fourth-order valence-corrected chi connectivity index (χ4v) is 3.38. The molecular weight excluding hydrogens is 356 g/mol. The molecule has 0 unspecified atom stereocenters. The molecule has 4 rings (SSSR count). The van der Waals surface area contributed by atoms with Gasteiger partial charge in [0.1, 0.15) is 5.82 Å². The lowest BCUT2D eigenvalue weighted by Gasteiger charge is -2.29. The first-order valence-corrected chi connectivity index (χ1v) is 9.97. The monoisotopic (exact) mass is 374 g/mol. The Hall–Kier alpha value is -2.72. The Morgan fingerprint density at radius 3 is 2.65 bits per heavy atom. The zero-order valence-electron chi connectivity index (χ0n) is 14.1. The molecule has 2 aromatic heterocycles. The molecule has 0 spiro atoms. The van der Waals surface area contributed by atoms with E-state index in [4.69, 9.17) is 10.5 Å². The van der Waals surface area contributed by atoms with Crippen LogP contribution in [-0.4, -0.2) is 61.1 Å². The van der Waals surface area contributed by atoms with E-state index in [0.717, 1.165) is 35.9 Å². The Bertz CT molecular complexity index is 1070. The van der Waals surface area contributed by atoms with Crippen LogP contribution in [0.25, 0.3) is 22.3 Å². The predicted molar refractivity (Wildman–Crippen MR) is 97.7 cm³/mol. The van der Waals surface area contributed by atoms with Gasteiger partial charge in [0.15, 0.2) is 5.82 Å². The summed E-state index contributed by atoms with van der Waals surface area (Å²) in [5.74, 6) is 0.793. The third-order valence-electron chi connectivity index (χ3n) is 4.25. The van der Waals surface area contributed by atoms with Crippen molar-refractivity contribution in [2.24, 2.45) is 0 Å². The molecule has 3 aromatic rings. The van der Waals surface area contributed by atoms with Crippen LogP contribution < -0.4 is 10.6 Å². The van der Waals surface area contributed by atoms with E-state index in [2.05, 4.69) is 25.1 Å². The Morgan fingerprint density at radius 1 is 1.19 bits per heavy atom. The molecule has 1 aromatic carbocycles. The summed E-state index contributed by atoms with van der Waals surface area (Å²) >= 11 is 0. The lowest BCUT2D eigenvalue weighted by molar-refractivity contribution is 0.123. The van der Waals surface area contributed by atoms with Crippen molar-refractivity contribution in [1.29, 1.82) is 0 Å². The van der Waals surface area contributed by atoms with Crippen molar-refractivity contribution >= 4 is 32.2 Å². The Balaban J connectivity index is 1.76. The van der Waals surface area contributed by atoms with Gasteiger partial charge in [-0.3, -0.25) is 0 Å². The van der Waals surface area contributed by atoms with Crippen molar-refractivity contribution in [1.82, 2.24) is 20.2 Å². The van der Waals surface area contributed by atoms with Crippen LogP contribution in [0, 0.1) is 0 Å². The highest BCUT2D eigenvalue weighted by atomic mass is 32.2. The molecule has 0 saturated carbocycles. The number of aromatic amines is 1. The molecule has 3 heterocycles. The number of rotatable bonds is 3. The van der Waals surface area contributed by atoms with E-state index in [1.807, 2.05) is 18.2 Å². The van der Waals surface area contributed by atoms with Crippen molar-refractivity contribution in [3.63, 3.8) is 0 Å². The highest BCUT2D eigenvalue weighted by molar-refractivity contribution is 7.90. The number of aromatic nitrogens is 4. The van der Waals surface area contributed by atoms with Gasteiger partial charge in [0.05, 0.1) is 24.4 Å². The van der Waals surface area contributed by atoms with E-state index < -0.39 is 9.84 Å². The molecule has 3 N–H and O–H groups in total. The number of pyridine rings is 1. The smallest absolute Gasteiger partial charge is 0.243 e. The molecule has 9 nitrogen and oxygen atoms in total. The van der Waals surface area contributed by atoms with Crippen molar-refractivity contribution < 1.29 is 13.2 Å². The number of fused-ring (bicyclic) bond motifs is 1. The van der Waals surface area contributed by atoms with E-state index >= 15 is 0 Å². The van der Waals surface area contributed by atoms with Crippen LogP contribution >= 0.6 is 0 Å². The number of morpholine rings is 1. The van der Waals surface area contributed by atoms with Crippen molar-refractivity contribution in [2.45, 2.75) is 5.16 Å². The minimum absolute atomic E-state index is 0.156. The summed E-state index contributed by atoms with van der Waals surface area (Å²) in [4.78, 5) is 10.7. The summed E-state index contributed by atoms with van der Waals surface area (Å²) in [6, 6.07) is 7.47. The summed E-state index contributed by atoms with van der Waals surface area (Å²) in [6.07, 6.45) is 1.08. The van der Waals surface area contributed by atoms with E-state index in [-0.39, 0.29) is 5.16 Å². The van der Waals surface area contributed by atoms with Gasteiger partial charge in [0.25, 0.3) is 0 Å². The number of nitrogens with one attached hydrogen (secondary N) is 1. The van der Waals surface area contributed by atoms with Gasteiger partial charge in [-0.25, -0.2) is 18.5 Å². The maximum Gasteiger partial charge on any atom is 0.243 e. The van der Waals surface area contributed by atoms with Crippen LogP contribution in [-0.2, 0) is 14.6 Å². The van der Waals surface area contributed by atoms with Crippen LogP contribution in [0.3, 0.4) is 0 Å². The zero-order chi connectivity index (χ0) is 18.3. The molecule has 26 heavy (non-hydrogen) atoms. The summed E-state index contributed by atoms with van der Waals surface area (Å²) in [5.41, 5.74) is 8.44. The lowest BCUT2D eigenvalue weighted by Crippen LogP contribution is -2.36. The fourth-order valence-electron chi connectivity index (χ4n) is 2.92. The van der Waals surface area contributed by atoms with Gasteiger partial charge in [0.2, 0.25) is 15.0 Å². The first-order valence-electron chi connectivity index (χ1n) is 8.07. The number of nitrogens with zero attached hydrogens (tertiary/aromatic N) is 4. The lowest BCUT2D eigenvalue weighted by atomic mass is 10.1. The Kier molecular flexibility index (Phi) is 4.00. The second kappa shape index (κ2) is 6.22. The third kappa shape index (κ3) is 3.08. The van der Waals surface area contributed by atoms with Crippen molar-refractivity contribution in [3.8, 4) is 11.4 Å². The molecule has 136 valence electrons. The first kappa shape index (κ1) is 16.7. The van der Waals surface area contributed by atoms with E-state index in [1.54, 1.807) is 6.07 Å². The standard InChI is InChI=1S/C16H18N6O3S/c1-26(23,24)16-19-15(20-21-16)10-2-3-12-11(8-10)9-13(14(17)18-12)22-4-6-25-7-5-22/h2-3,8-9H,4-7H2,1H3,(H2,17,18)(H,19,20,21). The largest absolute Gasteiger partial charge is 0.382 e. The molecule has 1 aliphatic rings. The molecule has 0 atom stereocenters. The quantitative estimate of drug-likeness (QED) is 0.690. The number of benzene rings is 1. The maximum absolute atomic E-state index is 11.6. The van der Waals surface area contributed by atoms with Gasteiger partial charge in [-0.15, -0.1) is 0 Å². The van der Waals surface area contributed by atoms with Gasteiger partial charge in [-0.1, -0.05) is 0 Å². The van der Waals surface area contributed by atoms with Crippen molar-refractivity contribution in [2.75, 3.05) is 43.2 Å². The van der Waals surface area contributed by atoms with E-state index in [1.165, 1.54) is 0 Å². The highest BCUT2D eigenvalue weighted by Gasteiger charge is 2.17. The van der Waals surface area contributed by atoms with Gasteiger partial charge < -0.3 is 15.4 Å². The maximum atomic E-state index is 11.6.